The topological polar surface area (TPSA) is 91.4 Å². The summed E-state index contributed by atoms with van der Waals surface area (Å²) in [5.74, 6) is 0.223. The van der Waals surface area contributed by atoms with Crippen molar-refractivity contribution in [2.75, 3.05) is 31.5 Å². The van der Waals surface area contributed by atoms with E-state index in [0.717, 1.165) is 0 Å². The summed E-state index contributed by atoms with van der Waals surface area (Å²) < 4.78 is 25.9. The third-order valence-electron chi connectivity index (χ3n) is 2.73. The molecular weight excluding hydrogens is 268 g/mol. The van der Waals surface area contributed by atoms with Gasteiger partial charge in [-0.3, -0.25) is 4.79 Å². The Morgan fingerprint density at radius 2 is 2.32 bits per heavy atom. The number of nitrogens with zero attached hydrogens (tertiary/aromatic N) is 2. The highest BCUT2D eigenvalue weighted by molar-refractivity contribution is 7.89. The van der Waals surface area contributed by atoms with Crippen LogP contribution in [0, 0.1) is 0 Å². The molecule has 1 saturated heterocycles. The van der Waals surface area contributed by atoms with E-state index in [1.54, 1.807) is 0 Å². The van der Waals surface area contributed by atoms with Gasteiger partial charge in [-0.15, -0.1) is 0 Å². The second-order valence-corrected chi connectivity index (χ2v) is 6.03. The van der Waals surface area contributed by atoms with Crippen molar-refractivity contribution < 1.29 is 13.2 Å². The molecule has 0 radical (unpaired) electrons. The Balaban J connectivity index is 2.28. The van der Waals surface area contributed by atoms with Gasteiger partial charge in [-0.2, -0.15) is 4.31 Å². The van der Waals surface area contributed by atoms with Gasteiger partial charge in [0.2, 0.25) is 15.9 Å². The molecular formula is C11H16N4O3S. The molecule has 0 atom stereocenters. The fraction of sp³-hybridized carbons (Fsp3) is 0.455. The van der Waals surface area contributed by atoms with E-state index in [9.17, 15) is 13.2 Å². The van der Waals surface area contributed by atoms with Crippen LogP contribution in [0.1, 0.15) is 6.92 Å². The summed E-state index contributed by atoms with van der Waals surface area (Å²) >= 11 is 0. The van der Waals surface area contributed by atoms with E-state index in [2.05, 4.69) is 15.6 Å². The maximum atomic E-state index is 12.4. The van der Waals surface area contributed by atoms with Crippen molar-refractivity contribution in [1.82, 2.24) is 14.6 Å². The summed E-state index contributed by atoms with van der Waals surface area (Å²) in [7, 11) is -3.64. The molecule has 1 amide bonds. The Kier molecular flexibility index (Phi) is 4.01. The van der Waals surface area contributed by atoms with Crippen LogP contribution in [0.25, 0.3) is 0 Å². The standard InChI is InChI=1S/C11H16N4O3S/c1-2-12-10-7-9(3-4-13-10)19(17,18)15-6-5-14-11(16)8-15/h3-4,7H,2,5-6,8H2,1H3,(H,12,13)(H,14,16). The number of hydrogen-bond acceptors (Lipinski definition) is 5. The molecule has 0 bridgehead atoms. The van der Waals surface area contributed by atoms with Crippen LogP contribution in [0.4, 0.5) is 5.82 Å². The number of hydrogen-bond donors (Lipinski definition) is 2. The lowest BCUT2D eigenvalue weighted by atomic mass is 10.4. The van der Waals surface area contributed by atoms with E-state index in [1.807, 2.05) is 6.92 Å². The smallest absolute Gasteiger partial charge is 0.243 e. The molecule has 19 heavy (non-hydrogen) atoms. The van der Waals surface area contributed by atoms with Gasteiger partial charge in [-0.1, -0.05) is 0 Å². The first-order chi connectivity index (χ1) is 9.04. The van der Waals surface area contributed by atoms with Crippen LogP contribution >= 0.6 is 0 Å². The van der Waals surface area contributed by atoms with Crippen LogP contribution < -0.4 is 10.6 Å². The van der Waals surface area contributed by atoms with E-state index < -0.39 is 10.0 Å². The highest BCUT2D eigenvalue weighted by Crippen LogP contribution is 2.18. The van der Waals surface area contributed by atoms with Crippen molar-refractivity contribution in [3.8, 4) is 0 Å². The number of carbonyl (C=O) groups is 1. The molecule has 1 fully saturated rings. The summed E-state index contributed by atoms with van der Waals surface area (Å²) in [6.07, 6.45) is 1.44. The Bertz CT molecular complexity index is 573. The minimum absolute atomic E-state index is 0.138. The van der Waals surface area contributed by atoms with Crippen molar-refractivity contribution in [1.29, 1.82) is 0 Å². The molecule has 0 spiro atoms. The number of pyridine rings is 1. The van der Waals surface area contributed by atoms with Crippen molar-refractivity contribution >= 4 is 21.7 Å². The van der Waals surface area contributed by atoms with E-state index in [1.165, 1.54) is 22.6 Å². The first-order valence-electron chi connectivity index (χ1n) is 6.01. The zero-order valence-electron chi connectivity index (χ0n) is 10.6. The Morgan fingerprint density at radius 3 is 3.00 bits per heavy atom. The first-order valence-corrected chi connectivity index (χ1v) is 7.45. The third-order valence-corrected chi connectivity index (χ3v) is 4.57. The summed E-state index contributed by atoms with van der Waals surface area (Å²) in [4.78, 5) is 15.5. The van der Waals surface area contributed by atoms with Gasteiger partial charge in [0, 0.05) is 31.9 Å². The predicted molar refractivity (Wildman–Crippen MR) is 70.2 cm³/mol. The molecule has 8 heteroatoms. The van der Waals surface area contributed by atoms with Gasteiger partial charge in [0.15, 0.2) is 0 Å². The SMILES string of the molecule is CCNc1cc(S(=O)(=O)N2CCNC(=O)C2)ccn1. The number of nitrogens with one attached hydrogen (secondary N) is 2. The summed E-state index contributed by atoms with van der Waals surface area (Å²) in [6, 6.07) is 2.91. The van der Waals surface area contributed by atoms with Crippen LogP contribution in [0.15, 0.2) is 23.2 Å². The van der Waals surface area contributed by atoms with Gasteiger partial charge in [0.1, 0.15) is 5.82 Å². The average Bonchev–Trinajstić information content (AvgIpc) is 2.39. The maximum absolute atomic E-state index is 12.4. The predicted octanol–water partition coefficient (Wildman–Crippen LogP) is -0.366. The number of rotatable bonds is 4. The second-order valence-electron chi connectivity index (χ2n) is 4.10. The van der Waals surface area contributed by atoms with Gasteiger partial charge in [-0.25, -0.2) is 13.4 Å². The van der Waals surface area contributed by atoms with Crippen molar-refractivity contribution in [3.63, 3.8) is 0 Å². The lowest BCUT2D eigenvalue weighted by molar-refractivity contribution is -0.122. The molecule has 2 heterocycles. The molecule has 7 nitrogen and oxygen atoms in total. The number of amides is 1. The van der Waals surface area contributed by atoms with Gasteiger partial charge >= 0.3 is 0 Å². The van der Waals surface area contributed by atoms with Crippen molar-refractivity contribution in [2.45, 2.75) is 11.8 Å². The monoisotopic (exact) mass is 284 g/mol. The maximum Gasteiger partial charge on any atom is 0.243 e. The number of piperazine rings is 1. The third kappa shape index (κ3) is 3.02. The van der Waals surface area contributed by atoms with Crippen molar-refractivity contribution in [2.24, 2.45) is 0 Å². The molecule has 2 rings (SSSR count). The van der Waals surface area contributed by atoms with Crippen LogP contribution in [-0.2, 0) is 14.8 Å². The molecule has 1 aliphatic heterocycles. The Hall–Kier alpha value is -1.67. The van der Waals surface area contributed by atoms with Gasteiger partial charge in [-0.05, 0) is 13.0 Å². The number of carbonyl (C=O) groups excluding carboxylic acids is 1. The van der Waals surface area contributed by atoms with E-state index in [0.29, 0.717) is 18.9 Å². The summed E-state index contributed by atoms with van der Waals surface area (Å²) in [5, 5.41) is 5.56. The first kappa shape index (κ1) is 13.8. The second kappa shape index (κ2) is 5.54. The van der Waals surface area contributed by atoms with E-state index >= 15 is 0 Å². The molecule has 1 aromatic heterocycles. The van der Waals surface area contributed by atoms with Crippen LogP contribution in [0.3, 0.4) is 0 Å². The zero-order valence-corrected chi connectivity index (χ0v) is 11.4. The molecule has 0 aliphatic carbocycles. The van der Waals surface area contributed by atoms with E-state index in [-0.39, 0.29) is 23.9 Å². The molecule has 0 unspecified atom stereocenters. The van der Waals surface area contributed by atoms with Gasteiger partial charge < -0.3 is 10.6 Å². The van der Waals surface area contributed by atoms with Crippen LogP contribution in [0.5, 0.6) is 0 Å². The summed E-state index contributed by atoms with van der Waals surface area (Å²) in [5.41, 5.74) is 0. The van der Waals surface area contributed by atoms with Crippen molar-refractivity contribution in [3.05, 3.63) is 18.3 Å². The summed E-state index contributed by atoms with van der Waals surface area (Å²) in [6.45, 7) is 3.04. The number of aromatic nitrogens is 1. The highest BCUT2D eigenvalue weighted by Gasteiger charge is 2.29. The molecule has 0 aromatic carbocycles. The Labute approximate surface area is 112 Å². The lowest BCUT2D eigenvalue weighted by Gasteiger charge is -2.25. The number of sulfonamides is 1. The molecule has 104 valence electrons. The molecule has 0 saturated carbocycles. The fourth-order valence-corrected chi connectivity index (χ4v) is 3.23. The number of anilines is 1. The van der Waals surface area contributed by atoms with Crippen LogP contribution in [-0.4, -0.2) is 49.8 Å². The normalized spacial score (nSPS) is 17.0. The molecule has 1 aromatic rings. The zero-order chi connectivity index (χ0) is 13.9. The average molecular weight is 284 g/mol. The quantitative estimate of drug-likeness (QED) is 0.787. The lowest BCUT2D eigenvalue weighted by Crippen LogP contribution is -2.49. The van der Waals surface area contributed by atoms with Gasteiger partial charge in [0.25, 0.3) is 0 Å². The fourth-order valence-electron chi connectivity index (χ4n) is 1.82. The highest BCUT2D eigenvalue weighted by atomic mass is 32.2. The minimum Gasteiger partial charge on any atom is -0.370 e. The molecule has 1 aliphatic rings. The van der Waals surface area contributed by atoms with Crippen LogP contribution in [0.2, 0.25) is 0 Å². The minimum atomic E-state index is -3.64. The van der Waals surface area contributed by atoms with Gasteiger partial charge in [0.05, 0.1) is 11.4 Å². The molecule has 2 N–H and O–H groups in total. The Morgan fingerprint density at radius 1 is 1.53 bits per heavy atom. The van der Waals surface area contributed by atoms with E-state index in [4.69, 9.17) is 0 Å². The largest absolute Gasteiger partial charge is 0.370 e.